The first-order valence-corrected chi connectivity index (χ1v) is 10.5. The topological polar surface area (TPSA) is 76.5 Å². The lowest BCUT2D eigenvalue weighted by Crippen LogP contribution is -2.46. The summed E-state index contributed by atoms with van der Waals surface area (Å²) in [7, 11) is 1.39. The maximum atomic E-state index is 13.1. The van der Waals surface area contributed by atoms with Gasteiger partial charge in [-0.05, 0) is 32.1 Å². The number of amides is 2. The Morgan fingerprint density at radius 1 is 1.07 bits per heavy atom. The number of likely N-dealkylation sites (tertiary alicyclic amines) is 1. The minimum atomic E-state index is -0.304. The minimum absolute atomic E-state index is 0.0479. The summed E-state index contributed by atoms with van der Waals surface area (Å²) in [5, 5.41) is 3.15. The highest BCUT2D eigenvalue weighted by Crippen LogP contribution is 2.27. The lowest BCUT2D eigenvalue weighted by molar-refractivity contribution is 0.0887. The summed E-state index contributed by atoms with van der Waals surface area (Å²) in [5.41, 5.74) is 2.65. The number of benzene rings is 1. The second-order valence-corrected chi connectivity index (χ2v) is 7.76. The average Bonchev–Trinajstić information content (AvgIpc) is 2.95. The van der Waals surface area contributed by atoms with Gasteiger partial charge < -0.3 is 19.5 Å². The van der Waals surface area contributed by atoms with Crippen molar-refractivity contribution in [2.75, 3.05) is 20.2 Å². The Kier molecular flexibility index (Phi) is 5.83. The highest BCUT2D eigenvalue weighted by Gasteiger charge is 2.28. The van der Waals surface area contributed by atoms with E-state index in [0.717, 1.165) is 55.7 Å². The summed E-state index contributed by atoms with van der Waals surface area (Å²) in [5.74, 6) is 0.780. The van der Waals surface area contributed by atoms with Crippen LogP contribution in [0.25, 0.3) is 11.4 Å². The second-order valence-electron chi connectivity index (χ2n) is 7.76. The van der Waals surface area contributed by atoms with Crippen LogP contribution in [0.5, 0.6) is 0 Å². The predicted molar refractivity (Wildman–Crippen MR) is 110 cm³/mol. The minimum Gasteiger partial charge on any atom is -0.453 e. The van der Waals surface area contributed by atoms with E-state index < -0.39 is 0 Å². The molecule has 0 aliphatic carbocycles. The lowest BCUT2D eigenvalue weighted by Gasteiger charge is -2.31. The average molecular weight is 396 g/mol. The quantitative estimate of drug-likeness (QED) is 0.864. The van der Waals surface area contributed by atoms with E-state index in [4.69, 9.17) is 9.72 Å². The Morgan fingerprint density at radius 3 is 2.55 bits per heavy atom. The first-order valence-electron chi connectivity index (χ1n) is 10.5. The summed E-state index contributed by atoms with van der Waals surface area (Å²) >= 11 is 0. The molecule has 2 aromatic rings. The van der Waals surface area contributed by atoms with Crippen molar-refractivity contribution >= 4 is 12.0 Å². The highest BCUT2D eigenvalue weighted by atomic mass is 16.5. The van der Waals surface area contributed by atoms with E-state index in [1.54, 1.807) is 4.90 Å². The van der Waals surface area contributed by atoms with E-state index in [1.807, 2.05) is 30.3 Å². The summed E-state index contributed by atoms with van der Waals surface area (Å²) in [4.78, 5) is 31.2. The van der Waals surface area contributed by atoms with E-state index in [0.29, 0.717) is 18.8 Å². The zero-order valence-corrected chi connectivity index (χ0v) is 16.9. The van der Waals surface area contributed by atoms with Crippen LogP contribution in [0.15, 0.2) is 30.3 Å². The fourth-order valence-corrected chi connectivity index (χ4v) is 4.30. The molecule has 1 aromatic heterocycles. The summed E-state index contributed by atoms with van der Waals surface area (Å²) in [6.45, 7) is 2.08. The van der Waals surface area contributed by atoms with Crippen molar-refractivity contribution in [2.45, 2.75) is 51.1 Å². The number of carbonyl (C=O) groups is 2. The van der Waals surface area contributed by atoms with Crippen LogP contribution in [0.2, 0.25) is 0 Å². The number of carbonyl (C=O) groups excluding carboxylic acids is 2. The van der Waals surface area contributed by atoms with Crippen molar-refractivity contribution < 1.29 is 14.3 Å². The SMILES string of the molecule is COC(=O)N1CCC(NC(=O)c2nc(-c3ccccc3)n3c2CCCCC3)CC1. The maximum Gasteiger partial charge on any atom is 0.409 e. The third-order valence-corrected chi connectivity index (χ3v) is 5.88. The molecular formula is C22H28N4O3. The highest BCUT2D eigenvalue weighted by molar-refractivity contribution is 5.94. The van der Waals surface area contributed by atoms with Gasteiger partial charge in [0.05, 0.1) is 12.8 Å². The van der Waals surface area contributed by atoms with Gasteiger partial charge >= 0.3 is 6.09 Å². The molecule has 154 valence electrons. The number of methoxy groups -OCH3 is 1. The van der Waals surface area contributed by atoms with E-state index in [2.05, 4.69) is 9.88 Å². The van der Waals surface area contributed by atoms with Gasteiger partial charge in [0.2, 0.25) is 0 Å². The van der Waals surface area contributed by atoms with E-state index in [9.17, 15) is 9.59 Å². The van der Waals surface area contributed by atoms with Gasteiger partial charge in [0.15, 0.2) is 0 Å². The van der Waals surface area contributed by atoms with Crippen molar-refractivity contribution in [3.05, 3.63) is 41.7 Å². The van der Waals surface area contributed by atoms with Gasteiger partial charge in [-0.1, -0.05) is 36.8 Å². The number of hydrogen-bond acceptors (Lipinski definition) is 4. The number of nitrogens with one attached hydrogen (secondary N) is 1. The Balaban J connectivity index is 1.53. The number of piperidine rings is 1. The van der Waals surface area contributed by atoms with E-state index in [-0.39, 0.29) is 18.0 Å². The first kappa shape index (κ1) is 19.5. The van der Waals surface area contributed by atoms with Gasteiger partial charge in [0, 0.05) is 31.2 Å². The molecule has 2 amide bonds. The van der Waals surface area contributed by atoms with Gasteiger partial charge in [0.1, 0.15) is 11.5 Å². The van der Waals surface area contributed by atoms with Gasteiger partial charge in [-0.15, -0.1) is 0 Å². The summed E-state index contributed by atoms with van der Waals surface area (Å²) in [6, 6.07) is 10.1. The molecule has 1 fully saturated rings. The summed E-state index contributed by atoms with van der Waals surface area (Å²) < 4.78 is 7.01. The van der Waals surface area contributed by atoms with E-state index in [1.165, 1.54) is 13.5 Å². The molecule has 4 rings (SSSR count). The molecule has 0 unspecified atom stereocenters. The number of aromatic nitrogens is 2. The first-order chi connectivity index (χ1) is 14.2. The Hall–Kier alpha value is -2.83. The fourth-order valence-electron chi connectivity index (χ4n) is 4.30. The van der Waals surface area contributed by atoms with Crippen molar-refractivity contribution in [3.8, 4) is 11.4 Å². The van der Waals surface area contributed by atoms with Crippen molar-refractivity contribution in [3.63, 3.8) is 0 Å². The largest absolute Gasteiger partial charge is 0.453 e. The Morgan fingerprint density at radius 2 is 1.83 bits per heavy atom. The molecule has 29 heavy (non-hydrogen) atoms. The number of fused-ring (bicyclic) bond motifs is 1. The molecule has 0 spiro atoms. The number of nitrogens with zero attached hydrogens (tertiary/aromatic N) is 3. The normalized spacial score (nSPS) is 17.3. The number of hydrogen-bond donors (Lipinski definition) is 1. The smallest absolute Gasteiger partial charge is 0.409 e. The van der Waals surface area contributed by atoms with Crippen LogP contribution >= 0.6 is 0 Å². The predicted octanol–water partition coefficient (Wildman–Crippen LogP) is 3.24. The van der Waals surface area contributed by atoms with Crippen LogP contribution in [0.1, 0.15) is 48.3 Å². The molecule has 7 nitrogen and oxygen atoms in total. The van der Waals surface area contributed by atoms with Crippen LogP contribution < -0.4 is 5.32 Å². The number of rotatable bonds is 3. The van der Waals surface area contributed by atoms with Crippen LogP contribution in [0.4, 0.5) is 4.79 Å². The fraction of sp³-hybridized carbons (Fsp3) is 0.500. The maximum absolute atomic E-state index is 13.1. The van der Waals surface area contributed by atoms with Gasteiger partial charge in [-0.25, -0.2) is 9.78 Å². The second kappa shape index (κ2) is 8.68. The molecule has 0 atom stereocenters. The van der Waals surface area contributed by atoms with Crippen molar-refractivity contribution in [1.29, 1.82) is 0 Å². The molecule has 3 heterocycles. The third-order valence-electron chi connectivity index (χ3n) is 5.88. The van der Waals surface area contributed by atoms with Gasteiger partial charge in [-0.3, -0.25) is 4.79 Å². The molecule has 2 aliphatic heterocycles. The number of ether oxygens (including phenoxy) is 1. The Bertz CT molecular complexity index is 870. The van der Waals surface area contributed by atoms with Gasteiger partial charge in [-0.2, -0.15) is 0 Å². The van der Waals surface area contributed by atoms with E-state index >= 15 is 0 Å². The van der Waals surface area contributed by atoms with Crippen LogP contribution in [-0.4, -0.2) is 52.7 Å². The molecular weight excluding hydrogens is 368 g/mol. The monoisotopic (exact) mass is 396 g/mol. The zero-order chi connectivity index (χ0) is 20.2. The lowest BCUT2D eigenvalue weighted by atomic mass is 10.0. The molecule has 2 aliphatic rings. The van der Waals surface area contributed by atoms with Crippen LogP contribution in [0, 0.1) is 0 Å². The van der Waals surface area contributed by atoms with Crippen molar-refractivity contribution in [2.24, 2.45) is 0 Å². The Labute approximate surface area is 171 Å². The van der Waals surface area contributed by atoms with Crippen molar-refractivity contribution in [1.82, 2.24) is 19.8 Å². The molecule has 7 heteroatoms. The van der Waals surface area contributed by atoms with Crippen LogP contribution in [0.3, 0.4) is 0 Å². The van der Waals surface area contributed by atoms with Crippen LogP contribution in [-0.2, 0) is 17.7 Å². The zero-order valence-electron chi connectivity index (χ0n) is 16.9. The molecule has 0 saturated carbocycles. The molecule has 1 N–H and O–H groups in total. The van der Waals surface area contributed by atoms with Gasteiger partial charge in [0.25, 0.3) is 5.91 Å². The number of imidazole rings is 1. The molecule has 0 bridgehead atoms. The summed E-state index contributed by atoms with van der Waals surface area (Å²) in [6.07, 6.45) is 5.38. The third kappa shape index (κ3) is 4.13. The molecule has 1 aromatic carbocycles. The molecule has 0 radical (unpaired) electrons. The molecule has 1 saturated heterocycles. The standard InChI is InChI=1S/C22H28N4O3/c1-29-22(28)25-14-11-17(12-15-25)23-21(27)19-18-10-6-3-7-13-26(18)20(24-19)16-8-4-2-5-9-16/h2,4-5,8-9,17H,3,6-7,10-15H2,1H3,(H,23,27).